The Labute approximate surface area is 187 Å². The highest BCUT2D eigenvalue weighted by Gasteiger charge is 2.29. The summed E-state index contributed by atoms with van der Waals surface area (Å²) in [6.45, 7) is 3.66. The van der Waals surface area contributed by atoms with E-state index in [1.807, 2.05) is 44.3 Å². The number of nitriles is 1. The zero-order valence-electron chi connectivity index (χ0n) is 18.6. The van der Waals surface area contributed by atoms with Gasteiger partial charge in [-0.2, -0.15) is 10.4 Å². The van der Waals surface area contributed by atoms with Gasteiger partial charge in [0.2, 0.25) is 0 Å². The van der Waals surface area contributed by atoms with Gasteiger partial charge in [0.1, 0.15) is 23.7 Å². The van der Waals surface area contributed by atoms with E-state index < -0.39 is 5.41 Å². The second-order valence-electron chi connectivity index (χ2n) is 8.74. The number of fused-ring (bicyclic) bond motifs is 1. The van der Waals surface area contributed by atoms with Crippen LogP contribution in [0.2, 0.25) is 0 Å². The molecule has 166 valence electrons. The molecule has 1 aliphatic rings. The van der Waals surface area contributed by atoms with Crippen LogP contribution in [0.1, 0.15) is 49.0 Å². The number of carbonyl (C=O) groups is 1. The number of benzene rings is 1. The number of aromatic nitrogens is 2. The van der Waals surface area contributed by atoms with Gasteiger partial charge in [0.25, 0.3) is 0 Å². The molecule has 0 bridgehead atoms. The van der Waals surface area contributed by atoms with Gasteiger partial charge in [0.15, 0.2) is 5.78 Å². The van der Waals surface area contributed by atoms with Gasteiger partial charge in [0.05, 0.1) is 36.9 Å². The Balaban J connectivity index is 1.80. The molecule has 3 aromatic rings. The maximum atomic E-state index is 13.0. The van der Waals surface area contributed by atoms with Gasteiger partial charge >= 0.3 is 0 Å². The Kier molecular flexibility index (Phi) is 5.90. The molecular formula is C25H27N3O4. The fourth-order valence-electron chi connectivity index (χ4n) is 3.78. The summed E-state index contributed by atoms with van der Waals surface area (Å²) < 4.78 is 13.1. The van der Waals surface area contributed by atoms with Crippen LogP contribution in [0.4, 0.5) is 0 Å². The molecular weight excluding hydrogens is 406 g/mol. The fraction of sp³-hybridized carbons (Fsp3) is 0.400. The van der Waals surface area contributed by atoms with Crippen molar-refractivity contribution >= 4 is 11.3 Å². The topological polar surface area (TPSA) is 96.8 Å². The highest BCUT2D eigenvalue weighted by molar-refractivity contribution is 6.02. The summed E-state index contributed by atoms with van der Waals surface area (Å²) in [5.74, 6) is 1.28. The molecule has 1 aliphatic carbocycles. The fourth-order valence-corrected chi connectivity index (χ4v) is 3.78. The van der Waals surface area contributed by atoms with Gasteiger partial charge in [0, 0.05) is 18.2 Å². The number of aliphatic hydroxyl groups is 1. The molecule has 0 spiro atoms. The highest BCUT2D eigenvalue weighted by atomic mass is 16.5. The van der Waals surface area contributed by atoms with E-state index in [4.69, 9.17) is 9.47 Å². The quantitative estimate of drug-likeness (QED) is 0.509. The number of hydrogen-bond acceptors (Lipinski definition) is 6. The predicted molar refractivity (Wildman–Crippen MR) is 120 cm³/mol. The number of ketones is 1. The van der Waals surface area contributed by atoms with Crippen LogP contribution in [0.5, 0.6) is 11.5 Å². The van der Waals surface area contributed by atoms with Gasteiger partial charge in [-0.05, 0) is 61.9 Å². The number of nitrogens with zero attached hydrogens (tertiary/aromatic N) is 3. The first kappa shape index (κ1) is 21.8. The van der Waals surface area contributed by atoms with Crippen molar-refractivity contribution in [2.45, 2.75) is 38.5 Å². The summed E-state index contributed by atoms with van der Waals surface area (Å²) in [5, 5.41) is 23.2. The molecule has 7 heteroatoms. The molecule has 0 saturated heterocycles. The van der Waals surface area contributed by atoms with Gasteiger partial charge in [-0.25, -0.2) is 4.52 Å². The monoisotopic (exact) mass is 433 g/mol. The van der Waals surface area contributed by atoms with Crippen molar-refractivity contribution < 1.29 is 19.4 Å². The van der Waals surface area contributed by atoms with Gasteiger partial charge in [-0.3, -0.25) is 4.79 Å². The van der Waals surface area contributed by atoms with Crippen LogP contribution in [0.25, 0.3) is 16.6 Å². The minimum Gasteiger partial charge on any atom is -0.496 e. The van der Waals surface area contributed by atoms with Crippen LogP contribution < -0.4 is 9.47 Å². The van der Waals surface area contributed by atoms with Crippen LogP contribution in [-0.4, -0.2) is 40.8 Å². The maximum absolute atomic E-state index is 13.0. The minimum absolute atomic E-state index is 0.00733. The number of hydrogen-bond donors (Lipinski definition) is 1. The minimum atomic E-state index is -0.627. The van der Waals surface area contributed by atoms with Crippen LogP contribution in [0.15, 0.2) is 36.7 Å². The van der Waals surface area contributed by atoms with E-state index in [1.165, 1.54) is 7.11 Å². The molecule has 1 fully saturated rings. The van der Waals surface area contributed by atoms with E-state index >= 15 is 0 Å². The van der Waals surface area contributed by atoms with E-state index in [0.29, 0.717) is 29.4 Å². The summed E-state index contributed by atoms with van der Waals surface area (Å²) in [4.78, 5) is 13.0. The summed E-state index contributed by atoms with van der Waals surface area (Å²) >= 11 is 0. The van der Waals surface area contributed by atoms with Crippen LogP contribution in [0.3, 0.4) is 0 Å². The number of methoxy groups -OCH3 is 1. The van der Waals surface area contributed by atoms with Crippen molar-refractivity contribution in [1.29, 1.82) is 5.26 Å². The SMILES string of the molecule is COc1cc(-c2cnn3cc(C(C)(C)C#N)ccc23)cc(OCCO)c1C(=O)CC1CC1. The third kappa shape index (κ3) is 4.19. The third-order valence-corrected chi connectivity index (χ3v) is 5.91. The van der Waals surface area contributed by atoms with Crippen molar-refractivity contribution in [3.8, 4) is 28.7 Å². The summed E-state index contributed by atoms with van der Waals surface area (Å²) in [5.41, 5.74) is 3.16. The molecule has 1 N–H and O–H groups in total. The number of carbonyl (C=O) groups excluding carboxylic acids is 1. The maximum Gasteiger partial charge on any atom is 0.170 e. The molecule has 7 nitrogen and oxygen atoms in total. The molecule has 1 saturated carbocycles. The molecule has 0 radical (unpaired) electrons. The molecule has 0 atom stereocenters. The van der Waals surface area contributed by atoms with E-state index in [0.717, 1.165) is 35.0 Å². The molecule has 32 heavy (non-hydrogen) atoms. The summed E-state index contributed by atoms with van der Waals surface area (Å²) in [7, 11) is 1.54. The average Bonchev–Trinajstić information content (AvgIpc) is 3.51. The van der Waals surface area contributed by atoms with E-state index in [9.17, 15) is 15.2 Å². The number of Topliss-reactive ketones (excluding diaryl/α,β-unsaturated/α-hetero) is 1. The van der Waals surface area contributed by atoms with Gasteiger partial charge < -0.3 is 14.6 Å². The molecule has 1 aromatic carbocycles. The largest absolute Gasteiger partial charge is 0.496 e. The van der Waals surface area contributed by atoms with Crippen molar-refractivity contribution in [2.75, 3.05) is 20.3 Å². The standard InChI is InChI=1S/C25H27N3O4/c1-25(2,15-26)18-6-7-20-19(13-27-28(20)14-18)17-11-22(31-3)24(21(30)10-16-4-5-16)23(12-17)32-9-8-29/h6-7,11-14,16,29H,4-5,8-10H2,1-3H3. The van der Waals surface area contributed by atoms with Crippen LogP contribution in [-0.2, 0) is 5.41 Å². The number of pyridine rings is 1. The molecule has 0 unspecified atom stereocenters. The first-order valence-electron chi connectivity index (χ1n) is 10.8. The van der Waals surface area contributed by atoms with Crippen LogP contribution in [0, 0.1) is 17.2 Å². The Morgan fingerprint density at radius 3 is 2.72 bits per heavy atom. The second-order valence-corrected chi connectivity index (χ2v) is 8.74. The van der Waals surface area contributed by atoms with E-state index in [1.54, 1.807) is 10.7 Å². The zero-order valence-corrected chi connectivity index (χ0v) is 18.6. The lowest BCUT2D eigenvalue weighted by Crippen LogP contribution is -2.14. The lowest BCUT2D eigenvalue weighted by Gasteiger charge is -2.17. The Morgan fingerprint density at radius 2 is 2.06 bits per heavy atom. The Bertz CT molecular complexity index is 1200. The Hall–Kier alpha value is -3.37. The smallest absolute Gasteiger partial charge is 0.170 e. The molecule has 2 heterocycles. The van der Waals surface area contributed by atoms with Gasteiger partial charge in [-0.1, -0.05) is 6.07 Å². The van der Waals surface area contributed by atoms with Crippen molar-refractivity contribution in [1.82, 2.24) is 9.61 Å². The first-order valence-corrected chi connectivity index (χ1v) is 10.8. The highest BCUT2D eigenvalue weighted by Crippen LogP contribution is 2.40. The van der Waals surface area contributed by atoms with E-state index in [-0.39, 0.29) is 19.0 Å². The molecule has 4 rings (SSSR count). The van der Waals surface area contributed by atoms with E-state index in [2.05, 4.69) is 11.2 Å². The predicted octanol–water partition coefficient (Wildman–Crippen LogP) is 4.16. The first-order chi connectivity index (χ1) is 15.4. The van der Waals surface area contributed by atoms with Crippen molar-refractivity contribution in [2.24, 2.45) is 5.92 Å². The molecule has 0 aliphatic heterocycles. The normalized spacial score (nSPS) is 13.7. The summed E-state index contributed by atoms with van der Waals surface area (Å²) in [6, 6.07) is 9.81. The number of rotatable bonds is 9. The van der Waals surface area contributed by atoms with Gasteiger partial charge in [-0.15, -0.1) is 0 Å². The lowest BCUT2D eigenvalue weighted by molar-refractivity contribution is 0.0967. The third-order valence-electron chi connectivity index (χ3n) is 5.91. The zero-order chi connectivity index (χ0) is 22.9. The Morgan fingerprint density at radius 1 is 1.31 bits per heavy atom. The number of aliphatic hydroxyl groups excluding tert-OH is 1. The number of ether oxygens (including phenoxy) is 2. The lowest BCUT2D eigenvalue weighted by atomic mass is 9.87. The van der Waals surface area contributed by atoms with Crippen molar-refractivity contribution in [3.05, 3.63) is 47.8 Å². The average molecular weight is 434 g/mol. The molecule has 2 aromatic heterocycles. The second kappa shape index (κ2) is 8.64. The summed E-state index contributed by atoms with van der Waals surface area (Å²) in [6.07, 6.45) is 6.22. The molecule has 0 amide bonds. The van der Waals surface area contributed by atoms with Crippen molar-refractivity contribution in [3.63, 3.8) is 0 Å². The van der Waals surface area contributed by atoms with Crippen LogP contribution >= 0.6 is 0 Å².